The van der Waals surface area contributed by atoms with Crippen molar-refractivity contribution in [2.45, 2.75) is 32.9 Å². The molecule has 0 radical (unpaired) electrons. The predicted octanol–water partition coefficient (Wildman–Crippen LogP) is 4.33. The summed E-state index contributed by atoms with van der Waals surface area (Å²) < 4.78 is 3.03. The van der Waals surface area contributed by atoms with Crippen molar-refractivity contribution in [1.82, 2.24) is 15.1 Å². The first kappa shape index (κ1) is 15.5. The third-order valence-corrected chi connectivity index (χ3v) is 4.24. The summed E-state index contributed by atoms with van der Waals surface area (Å²) in [6, 6.07) is 6.18. The highest BCUT2D eigenvalue weighted by atomic mass is 79.9. The quantitative estimate of drug-likeness (QED) is 0.864. The van der Waals surface area contributed by atoms with Crippen LogP contribution in [0.3, 0.4) is 0 Å². The minimum absolute atomic E-state index is 0.0199. The number of aryl methyl sites for hydroxylation is 2. The summed E-state index contributed by atoms with van der Waals surface area (Å²) in [4.78, 5) is 0. The smallest absolute Gasteiger partial charge is 0.0771 e. The van der Waals surface area contributed by atoms with Gasteiger partial charge in [0.15, 0.2) is 0 Å². The number of hydrogen-bond donors (Lipinski definition) is 1. The number of aromatic nitrogens is 2. The van der Waals surface area contributed by atoms with E-state index in [0.717, 1.165) is 39.3 Å². The van der Waals surface area contributed by atoms with Gasteiger partial charge < -0.3 is 5.32 Å². The fourth-order valence-corrected chi connectivity index (χ4v) is 3.22. The first-order valence-electron chi connectivity index (χ1n) is 6.73. The maximum absolute atomic E-state index is 6.42. The molecule has 0 aliphatic rings. The maximum Gasteiger partial charge on any atom is 0.0771 e. The van der Waals surface area contributed by atoms with Gasteiger partial charge in [-0.25, -0.2) is 0 Å². The number of hydrogen-bond acceptors (Lipinski definition) is 2. The van der Waals surface area contributed by atoms with Gasteiger partial charge in [0.25, 0.3) is 0 Å². The molecule has 0 amide bonds. The van der Waals surface area contributed by atoms with Crippen LogP contribution in [-0.2, 0) is 6.54 Å². The number of nitrogens with zero attached hydrogens (tertiary/aromatic N) is 2. The van der Waals surface area contributed by atoms with Crippen LogP contribution in [0.5, 0.6) is 0 Å². The maximum atomic E-state index is 6.42. The van der Waals surface area contributed by atoms with E-state index in [1.54, 1.807) is 0 Å². The molecule has 3 nitrogen and oxygen atoms in total. The van der Waals surface area contributed by atoms with Crippen LogP contribution in [0.25, 0.3) is 0 Å². The Kier molecular flexibility index (Phi) is 5.24. The van der Waals surface area contributed by atoms with Gasteiger partial charge in [-0.1, -0.05) is 30.7 Å². The zero-order valence-corrected chi connectivity index (χ0v) is 14.3. The van der Waals surface area contributed by atoms with E-state index in [-0.39, 0.29) is 6.04 Å². The highest BCUT2D eigenvalue weighted by molar-refractivity contribution is 9.10. The van der Waals surface area contributed by atoms with Gasteiger partial charge in [0.1, 0.15) is 0 Å². The summed E-state index contributed by atoms with van der Waals surface area (Å²) in [5.74, 6) is 0. The summed E-state index contributed by atoms with van der Waals surface area (Å²) in [5.41, 5.74) is 3.34. The van der Waals surface area contributed by atoms with Crippen molar-refractivity contribution < 1.29 is 0 Å². The summed E-state index contributed by atoms with van der Waals surface area (Å²) in [5, 5.41) is 8.56. The first-order valence-corrected chi connectivity index (χ1v) is 7.90. The Morgan fingerprint density at radius 2 is 2.20 bits per heavy atom. The van der Waals surface area contributed by atoms with Crippen LogP contribution < -0.4 is 5.32 Å². The largest absolute Gasteiger partial charge is 0.308 e. The molecule has 2 rings (SSSR count). The van der Waals surface area contributed by atoms with E-state index in [2.05, 4.69) is 45.4 Å². The second kappa shape index (κ2) is 6.74. The Morgan fingerprint density at radius 3 is 2.80 bits per heavy atom. The molecule has 0 spiro atoms. The number of rotatable bonds is 5. The van der Waals surface area contributed by atoms with E-state index in [4.69, 9.17) is 11.6 Å². The minimum atomic E-state index is 0.0199. The van der Waals surface area contributed by atoms with Gasteiger partial charge in [-0.15, -0.1) is 0 Å². The van der Waals surface area contributed by atoms with Gasteiger partial charge in [0.05, 0.1) is 22.4 Å². The predicted molar refractivity (Wildman–Crippen MR) is 87.3 cm³/mol. The number of benzene rings is 1. The van der Waals surface area contributed by atoms with Gasteiger partial charge in [0, 0.05) is 11.6 Å². The van der Waals surface area contributed by atoms with Crippen LogP contribution in [-0.4, -0.2) is 16.8 Å². The molecule has 1 atom stereocenters. The average Bonchev–Trinajstić information content (AvgIpc) is 2.75. The third kappa shape index (κ3) is 3.08. The fraction of sp³-hybridized carbons (Fsp3) is 0.400. The molecule has 20 heavy (non-hydrogen) atoms. The van der Waals surface area contributed by atoms with E-state index in [9.17, 15) is 0 Å². The van der Waals surface area contributed by atoms with Crippen LogP contribution in [0.4, 0.5) is 0 Å². The average molecular weight is 357 g/mol. The monoisotopic (exact) mass is 355 g/mol. The molecular formula is C15H19BrClN3. The molecule has 1 heterocycles. The Labute approximate surface area is 133 Å². The third-order valence-electron chi connectivity index (χ3n) is 3.30. The summed E-state index contributed by atoms with van der Waals surface area (Å²) in [7, 11) is 1.94. The van der Waals surface area contributed by atoms with Crippen LogP contribution in [0, 0.1) is 6.92 Å². The molecule has 1 aromatic carbocycles. The molecule has 2 aromatic rings. The van der Waals surface area contributed by atoms with Crippen molar-refractivity contribution in [2.75, 3.05) is 7.05 Å². The number of nitrogens with one attached hydrogen (secondary N) is 1. The van der Waals surface area contributed by atoms with Gasteiger partial charge in [-0.05, 0) is 53.5 Å². The molecule has 0 saturated heterocycles. The standard InChI is InChI=1S/C15H19BrClN3/c1-4-7-20-15(12(16)9-19-20)14(18-3)11-6-5-10(2)8-13(11)17/h5-6,8-9,14,18H,4,7H2,1-3H3. The van der Waals surface area contributed by atoms with Crippen molar-refractivity contribution in [1.29, 1.82) is 0 Å². The highest BCUT2D eigenvalue weighted by Gasteiger charge is 2.22. The van der Waals surface area contributed by atoms with Gasteiger partial charge in [0.2, 0.25) is 0 Å². The molecular weight excluding hydrogens is 338 g/mol. The molecule has 0 bridgehead atoms. The lowest BCUT2D eigenvalue weighted by atomic mass is 10.0. The highest BCUT2D eigenvalue weighted by Crippen LogP contribution is 2.32. The lowest BCUT2D eigenvalue weighted by Crippen LogP contribution is -2.22. The van der Waals surface area contributed by atoms with E-state index in [1.807, 2.05) is 30.9 Å². The first-order chi connectivity index (χ1) is 9.58. The van der Waals surface area contributed by atoms with E-state index in [0.29, 0.717) is 0 Å². The van der Waals surface area contributed by atoms with E-state index in [1.165, 1.54) is 0 Å². The van der Waals surface area contributed by atoms with Crippen molar-refractivity contribution in [2.24, 2.45) is 0 Å². The zero-order chi connectivity index (χ0) is 14.7. The summed E-state index contributed by atoms with van der Waals surface area (Å²) in [6.07, 6.45) is 2.89. The van der Waals surface area contributed by atoms with E-state index >= 15 is 0 Å². The van der Waals surface area contributed by atoms with Crippen molar-refractivity contribution >= 4 is 27.5 Å². The molecule has 108 valence electrons. The van der Waals surface area contributed by atoms with Gasteiger partial charge in [-0.2, -0.15) is 5.10 Å². The lowest BCUT2D eigenvalue weighted by Gasteiger charge is -2.20. The SMILES string of the molecule is CCCn1ncc(Br)c1C(NC)c1ccc(C)cc1Cl. The van der Waals surface area contributed by atoms with E-state index < -0.39 is 0 Å². The zero-order valence-electron chi connectivity index (χ0n) is 12.0. The van der Waals surface area contributed by atoms with Crippen molar-refractivity contribution in [3.63, 3.8) is 0 Å². The molecule has 0 saturated carbocycles. The second-order valence-electron chi connectivity index (χ2n) is 4.85. The molecule has 1 N–H and O–H groups in total. The van der Waals surface area contributed by atoms with Crippen molar-refractivity contribution in [3.8, 4) is 0 Å². The summed E-state index contributed by atoms with van der Waals surface area (Å²) in [6.45, 7) is 5.08. The Balaban J connectivity index is 2.49. The van der Waals surface area contributed by atoms with Gasteiger partial charge >= 0.3 is 0 Å². The molecule has 1 aromatic heterocycles. The Hall–Kier alpha value is -0.840. The fourth-order valence-electron chi connectivity index (χ4n) is 2.35. The Morgan fingerprint density at radius 1 is 1.45 bits per heavy atom. The van der Waals surface area contributed by atoms with Crippen LogP contribution in [0.15, 0.2) is 28.9 Å². The van der Waals surface area contributed by atoms with Crippen molar-refractivity contribution in [3.05, 3.63) is 50.7 Å². The Bertz CT molecular complexity index is 595. The van der Waals surface area contributed by atoms with Crippen LogP contribution in [0.2, 0.25) is 5.02 Å². The molecule has 5 heteroatoms. The minimum Gasteiger partial charge on any atom is -0.308 e. The molecule has 0 aliphatic heterocycles. The summed E-state index contributed by atoms with van der Waals surface area (Å²) >= 11 is 10.0. The molecule has 1 unspecified atom stereocenters. The van der Waals surface area contributed by atoms with Crippen LogP contribution >= 0.6 is 27.5 Å². The topological polar surface area (TPSA) is 29.9 Å². The van der Waals surface area contributed by atoms with Crippen LogP contribution in [0.1, 0.15) is 36.2 Å². The lowest BCUT2D eigenvalue weighted by molar-refractivity contribution is 0.533. The second-order valence-corrected chi connectivity index (χ2v) is 6.11. The van der Waals surface area contributed by atoms with Gasteiger partial charge in [-0.3, -0.25) is 4.68 Å². The number of halogens is 2. The molecule has 0 fully saturated rings. The normalized spacial score (nSPS) is 12.7. The molecule has 0 aliphatic carbocycles.